The first kappa shape index (κ1) is 14.1. The third kappa shape index (κ3) is 3.18. The highest BCUT2D eigenvalue weighted by atomic mass is 35.5. The van der Waals surface area contributed by atoms with Gasteiger partial charge in [-0.15, -0.1) is 0 Å². The van der Waals surface area contributed by atoms with E-state index < -0.39 is 0 Å². The van der Waals surface area contributed by atoms with Crippen molar-refractivity contribution in [3.05, 3.63) is 28.8 Å². The van der Waals surface area contributed by atoms with E-state index in [1.807, 2.05) is 6.92 Å². The summed E-state index contributed by atoms with van der Waals surface area (Å²) in [5, 5.41) is 9.53. The molecule has 0 aliphatic carbocycles. The molecule has 0 saturated carbocycles. The van der Waals surface area contributed by atoms with Gasteiger partial charge in [0.15, 0.2) is 0 Å². The van der Waals surface area contributed by atoms with Crippen LogP contribution in [0, 0.1) is 0 Å². The number of aliphatic hydroxyl groups excluding tert-OH is 1. The normalized spacial score (nSPS) is 23.4. The molecule has 104 valence electrons. The van der Waals surface area contributed by atoms with Gasteiger partial charge in [0.25, 0.3) is 5.91 Å². The van der Waals surface area contributed by atoms with Crippen molar-refractivity contribution in [3.63, 3.8) is 0 Å². The Kier molecular flexibility index (Phi) is 4.29. The van der Waals surface area contributed by atoms with E-state index in [1.54, 1.807) is 23.1 Å². The average Bonchev–Trinajstić information content (AvgIpc) is 2.40. The van der Waals surface area contributed by atoms with Gasteiger partial charge in [0.1, 0.15) is 0 Å². The number of hydrogen-bond acceptors (Lipinski definition) is 4. The van der Waals surface area contributed by atoms with Gasteiger partial charge in [-0.3, -0.25) is 4.79 Å². The molecule has 3 N–H and O–H groups in total. The number of benzene rings is 1. The highest BCUT2D eigenvalue weighted by Crippen LogP contribution is 2.22. The summed E-state index contributed by atoms with van der Waals surface area (Å²) < 4.78 is 5.50. The second-order valence-corrected chi connectivity index (χ2v) is 5.10. The lowest BCUT2D eigenvalue weighted by molar-refractivity contribution is -0.0858. The molecule has 0 aromatic heterocycles. The quantitative estimate of drug-likeness (QED) is 0.799. The lowest BCUT2D eigenvalue weighted by atomic mass is 10.1. The van der Waals surface area contributed by atoms with Crippen LogP contribution < -0.4 is 5.73 Å². The van der Waals surface area contributed by atoms with Gasteiger partial charge < -0.3 is 20.5 Å². The number of aliphatic hydroxyl groups is 1. The van der Waals surface area contributed by atoms with Gasteiger partial charge in [0.2, 0.25) is 0 Å². The smallest absolute Gasteiger partial charge is 0.254 e. The molecule has 0 bridgehead atoms. The van der Waals surface area contributed by atoms with Gasteiger partial charge in [-0.05, 0) is 25.1 Å². The number of hydrogen-bond donors (Lipinski definition) is 2. The number of amides is 1. The first-order valence-electron chi connectivity index (χ1n) is 6.12. The predicted molar refractivity (Wildman–Crippen MR) is 73.2 cm³/mol. The summed E-state index contributed by atoms with van der Waals surface area (Å²) in [4.78, 5) is 14.0. The van der Waals surface area contributed by atoms with Crippen molar-refractivity contribution in [1.82, 2.24) is 4.90 Å². The molecule has 2 atom stereocenters. The minimum Gasteiger partial charge on any atom is -0.398 e. The molecule has 1 amide bonds. The molecule has 1 fully saturated rings. The van der Waals surface area contributed by atoms with Gasteiger partial charge in [-0.2, -0.15) is 0 Å². The van der Waals surface area contributed by atoms with Gasteiger partial charge >= 0.3 is 0 Å². The Morgan fingerprint density at radius 3 is 2.95 bits per heavy atom. The minimum atomic E-state index is -0.336. The van der Waals surface area contributed by atoms with Crippen LogP contribution in [0.1, 0.15) is 17.3 Å². The standard InChI is InChI=1S/C13H17ClN2O3/c1-8-5-16(6-10(7-17)19-8)13(18)9-2-3-12(15)11(14)4-9/h2-4,8,10,17H,5-7,15H2,1H3. The van der Waals surface area contributed by atoms with Gasteiger partial charge in [0, 0.05) is 18.7 Å². The summed E-state index contributed by atoms with van der Waals surface area (Å²) in [5.74, 6) is -0.129. The van der Waals surface area contributed by atoms with Crippen molar-refractivity contribution >= 4 is 23.2 Å². The second-order valence-electron chi connectivity index (χ2n) is 4.70. The van der Waals surface area contributed by atoms with Crippen molar-refractivity contribution in [2.24, 2.45) is 0 Å². The lowest BCUT2D eigenvalue weighted by Gasteiger charge is -2.36. The van der Waals surface area contributed by atoms with Crippen molar-refractivity contribution in [1.29, 1.82) is 0 Å². The van der Waals surface area contributed by atoms with Crippen molar-refractivity contribution < 1.29 is 14.6 Å². The van der Waals surface area contributed by atoms with Crippen molar-refractivity contribution in [3.8, 4) is 0 Å². The van der Waals surface area contributed by atoms with Crippen LogP contribution in [0.5, 0.6) is 0 Å². The highest BCUT2D eigenvalue weighted by Gasteiger charge is 2.28. The molecule has 1 aliphatic rings. The number of morpholine rings is 1. The molecule has 1 aromatic carbocycles. The molecule has 1 saturated heterocycles. The van der Waals surface area contributed by atoms with Crippen LogP contribution >= 0.6 is 11.6 Å². The van der Waals surface area contributed by atoms with Crippen LogP contribution in [0.15, 0.2) is 18.2 Å². The maximum absolute atomic E-state index is 12.4. The van der Waals surface area contributed by atoms with Crippen LogP contribution in [0.25, 0.3) is 0 Å². The van der Waals surface area contributed by atoms with Crippen LogP contribution in [0.2, 0.25) is 5.02 Å². The van der Waals surface area contributed by atoms with E-state index in [4.69, 9.17) is 27.2 Å². The first-order valence-corrected chi connectivity index (χ1v) is 6.49. The molecule has 1 aromatic rings. The van der Waals surface area contributed by atoms with E-state index in [9.17, 15) is 4.79 Å². The first-order chi connectivity index (χ1) is 9.01. The maximum atomic E-state index is 12.4. The van der Waals surface area contributed by atoms with Crippen LogP contribution in [-0.2, 0) is 4.74 Å². The zero-order valence-corrected chi connectivity index (χ0v) is 11.4. The Hall–Kier alpha value is -1.30. The fraction of sp³-hybridized carbons (Fsp3) is 0.462. The molecule has 2 unspecified atom stereocenters. The van der Waals surface area contributed by atoms with Gasteiger partial charge in [0.05, 0.1) is 29.5 Å². The van der Waals surface area contributed by atoms with Crippen molar-refractivity contribution in [2.75, 3.05) is 25.4 Å². The third-order valence-electron chi connectivity index (χ3n) is 3.06. The summed E-state index contributed by atoms with van der Waals surface area (Å²) in [6, 6.07) is 4.83. The number of carbonyl (C=O) groups excluding carboxylic acids is 1. The molecule has 6 heteroatoms. The lowest BCUT2D eigenvalue weighted by Crippen LogP contribution is -2.50. The van der Waals surface area contributed by atoms with Gasteiger partial charge in [-0.1, -0.05) is 11.6 Å². The van der Waals surface area contributed by atoms with E-state index in [-0.39, 0.29) is 24.7 Å². The summed E-state index contributed by atoms with van der Waals surface area (Å²) in [5.41, 5.74) is 6.56. The number of anilines is 1. The number of nitrogens with two attached hydrogens (primary N) is 1. The van der Waals surface area contributed by atoms with E-state index in [1.165, 1.54) is 0 Å². The Labute approximate surface area is 116 Å². The van der Waals surface area contributed by atoms with E-state index >= 15 is 0 Å². The van der Waals surface area contributed by atoms with Crippen LogP contribution in [-0.4, -0.2) is 47.8 Å². The Morgan fingerprint density at radius 2 is 2.32 bits per heavy atom. The molecular formula is C13H17ClN2O3. The fourth-order valence-electron chi connectivity index (χ4n) is 2.15. The average molecular weight is 285 g/mol. The highest BCUT2D eigenvalue weighted by molar-refractivity contribution is 6.33. The molecule has 5 nitrogen and oxygen atoms in total. The maximum Gasteiger partial charge on any atom is 0.254 e. The fourth-order valence-corrected chi connectivity index (χ4v) is 2.34. The van der Waals surface area contributed by atoms with E-state index in [2.05, 4.69) is 0 Å². The third-order valence-corrected chi connectivity index (χ3v) is 3.39. The monoisotopic (exact) mass is 284 g/mol. The molecule has 1 heterocycles. The predicted octanol–water partition coefficient (Wildman–Crippen LogP) is 1.14. The topological polar surface area (TPSA) is 75.8 Å². The zero-order chi connectivity index (χ0) is 14.0. The molecule has 0 spiro atoms. The Balaban J connectivity index is 2.16. The minimum absolute atomic E-state index is 0.0981. The largest absolute Gasteiger partial charge is 0.398 e. The SMILES string of the molecule is CC1CN(C(=O)c2ccc(N)c(Cl)c2)CC(CO)O1. The molecule has 19 heavy (non-hydrogen) atoms. The summed E-state index contributed by atoms with van der Waals surface area (Å²) in [6.45, 7) is 2.65. The van der Waals surface area contributed by atoms with Gasteiger partial charge in [-0.25, -0.2) is 0 Å². The van der Waals surface area contributed by atoms with Crippen LogP contribution in [0.4, 0.5) is 5.69 Å². The van der Waals surface area contributed by atoms with Crippen molar-refractivity contribution in [2.45, 2.75) is 19.1 Å². The molecule has 1 aliphatic heterocycles. The molecular weight excluding hydrogens is 268 g/mol. The summed E-state index contributed by atoms with van der Waals surface area (Å²) >= 11 is 5.92. The second kappa shape index (κ2) is 5.77. The zero-order valence-electron chi connectivity index (χ0n) is 10.7. The summed E-state index contributed by atoms with van der Waals surface area (Å²) in [6.07, 6.45) is -0.434. The number of halogens is 1. The number of carbonyl (C=O) groups is 1. The molecule has 2 rings (SSSR count). The molecule has 0 radical (unpaired) electrons. The van der Waals surface area contributed by atoms with E-state index in [0.29, 0.717) is 29.4 Å². The van der Waals surface area contributed by atoms with Crippen LogP contribution in [0.3, 0.4) is 0 Å². The number of nitrogen functional groups attached to an aromatic ring is 1. The Bertz CT molecular complexity index is 481. The number of rotatable bonds is 2. The number of ether oxygens (including phenoxy) is 1. The van der Waals surface area contributed by atoms with E-state index in [0.717, 1.165) is 0 Å². The Morgan fingerprint density at radius 1 is 1.58 bits per heavy atom. The summed E-state index contributed by atoms with van der Waals surface area (Å²) in [7, 11) is 0. The number of nitrogens with zero attached hydrogens (tertiary/aromatic N) is 1.